The lowest BCUT2D eigenvalue weighted by molar-refractivity contribution is 0.0994. The number of benzene rings is 1. The van der Waals surface area contributed by atoms with Gasteiger partial charge in [0.2, 0.25) is 0 Å². The molecule has 0 saturated carbocycles. The monoisotopic (exact) mass is 323 g/mol. The van der Waals surface area contributed by atoms with Crippen LogP contribution in [0, 0.1) is 0 Å². The van der Waals surface area contributed by atoms with Crippen LogP contribution in [-0.2, 0) is 12.8 Å². The highest BCUT2D eigenvalue weighted by Crippen LogP contribution is 2.23. The maximum atomic E-state index is 12.1. The van der Waals surface area contributed by atoms with Gasteiger partial charge in [0, 0.05) is 16.9 Å². The van der Waals surface area contributed by atoms with Gasteiger partial charge < -0.3 is 5.73 Å². The second-order valence-corrected chi connectivity index (χ2v) is 6.59. The lowest BCUT2D eigenvalue weighted by Crippen LogP contribution is -2.04. The van der Waals surface area contributed by atoms with E-state index in [1.54, 1.807) is 11.3 Å². The molecule has 4 heteroatoms. The quantitative estimate of drug-likeness (QED) is 0.856. The fraction of sp³-hybridized carbons (Fsp3) is 0.214. The maximum absolute atomic E-state index is 12.1. The van der Waals surface area contributed by atoms with Crippen LogP contribution in [0.1, 0.15) is 20.8 Å². The highest BCUT2D eigenvalue weighted by molar-refractivity contribution is 9.11. The van der Waals surface area contributed by atoms with E-state index in [1.165, 1.54) is 5.56 Å². The van der Waals surface area contributed by atoms with E-state index >= 15 is 0 Å². The average Bonchev–Trinajstić information content (AvgIpc) is 2.76. The molecule has 0 aliphatic rings. The largest absolute Gasteiger partial charge is 0.330 e. The Labute approximate surface area is 119 Å². The number of hydrogen-bond donors (Lipinski definition) is 1. The van der Waals surface area contributed by atoms with Gasteiger partial charge in [-0.3, -0.25) is 4.79 Å². The van der Waals surface area contributed by atoms with Crippen LogP contribution in [0.2, 0.25) is 0 Å². The molecule has 0 atom stereocenters. The topological polar surface area (TPSA) is 43.1 Å². The van der Waals surface area contributed by atoms with Crippen LogP contribution in [-0.4, -0.2) is 12.3 Å². The van der Waals surface area contributed by atoms with Gasteiger partial charge in [-0.05, 0) is 46.6 Å². The SMILES string of the molecule is NCCc1ccc(C(=O)Cc2ccc(Br)s2)cc1. The number of thiophene rings is 1. The summed E-state index contributed by atoms with van der Waals surface area (Å²) in [6.45, 7) is 0.635. The third kappa shape index (κ3) is 3.51. The molecule has 0 aliphatic heterocycles. The third-order valence-electron chi connectivity index (χ3n) is 2.67. The molecule has 1 aromatic carbocycles. The van der Waals surface area contributed by atoms with Crippen molar-refractivity contribution in [3.8, 4) is 0 Å². The second-order valence-electron chi connectivity index (χ2n) is 4.04. The first-order chi connectivity index (χ1) is 8.69. The maximum Gasteiger partial charge on any atom is 0.168 e. The lowest BCUT2D eigenvalue weighted by atomic mass is 10.0. The predicted octanol–water partition coefficient (Wildman–Crippen LogP) is 3.44. The van der Waals surface area contributed by atoms with Crippen LogP contribution >= 0.6 is 27.3 Å². The predicted molar refractivity (Wildman–Crippen MR) is 79.3 cm³/mol. The molecule has 94 valence electrons. The van der Waals surface area contributed by atoms with Crippen molar-refractivity contribution >= 4 is 33.0 Å². The van der Waals surface area contributed by atoms with Crippen molar-refractivity contribution in [2.75, 3.05) is 6.54 Å². The summed E-state index contributed by atoms with van der Waals surface area (Å²) in [7, 11) is 0. The van der Waals surface area contributed by atoms with E-state index in [2.05, 4.69) is 15.9 Å². The van der Waals surface area contributed by atoms with Crippen molar-refractivity contribution in [2.45, 2.75) is 12.8 Å². The Morgan fingerprint density at radius 2 is 1.89 bits per heavy atom. The van der Waals surface area contributed by atoms with E-state index in [1.807, 2.05) is 36.4 Å². The summed E-state index contributed by atoms with van der Waals surface area (Å²) in [6, 6.07) is 11.7. The fourth-order valence-corrected chi connectivity index (χ4v) is 3.21. The van der Waals surface area contributed by atoms with Crippen molar-refractivity contribution in [2.24, 2.45) is 5.73 Å². The van der Waals surface area contributed by atoms with E-state index in [0.717, 1.165) is 20.6 Å². The molecule has 0 fully saturated rings. The number of ketones is 1. The van der Waals surface area contributed by atoms with E-state index in [-0.39, 0.29) is 5.78 Å². The van der Waals surface area contributed by atoms with Crippen LogP contribution in [0.4, 0.5) is 0 Å². The summed E-state index contributed by atoms with van der Waals surface area (Å²) in [5.74, 6) is 0.156. The Balaban J connectivity index is 2.04. The minimum Gasteiger partial charge on any atom is -0.330 e. The van der Waals surface area contributed by atoms with Gasteiger partial charge in [-0.1, -0.05) is 24.3 Å². The molecule has 0 radical (unpaired) electrons. The number of nitrogens with two attached hydrogens (primary N) is 1. The number of halogens is 1. The van der Waals surface area contributed by atoms with Crippen molar-refractivity contribution in [3.05, 3.63) is 56.2 Å². The first-order valence-electron chi connectivity index (χ1n) is 5.75. The highest BCUT2D eigenvalue weighted by Gasteiger charge is 2.08. The zero-order valence-electron chi connectivity index (χ0n) is 9.86. The van der Waals surface area contributed by atoms with Crippen molar-refractivity contribution in [3.63, 3.8) is 0 Å². The zero-order valence-corrected chi connectivity index (χ0v) is 12.3. The average molecular weight is 324 g/mol. The molecule has 2 rings (SSSR count). The standard InChI is InChI=1S/C14H14BrNOS/c15-14-6-5-12(18-14)9-13(17)11-3-1-10(2-4-11)7-8-16/h1-6H,7-9,16H2. The Morgan fingerprint density at radius 1 is 1.17 bits per heavy atom. The molecule has 0 bridgehead atoms. The molecule has 1 heterocycles. The molecule has 2 N–H and O–H groups in total. The number of Topliss-reactive ketones (excluding diaryl/α,β-unsaturated/α-hetero) is 1. The van der Waals surface area contributed by atoms with Gasteiger partial charge in [0.15, 0.2) is 5.78 Å². The normalized spacial score (nSPS) is 10.6. The first-order valence-corrected chi connectivity index (χ1v) is 7.36. The van der Waals surface area contributed by atoms with Gasteiger partial charge in [-0.25, -0.2) is 0 Å². The van der Waals surface area contributed by atoms with Crippen LogP contribution in [0.5, 0.6) is 0 Å². The molecule has 2 aromatic rings. The summed E-state index contributed by atoms with van der Waals surface area (Å²) in [4.78, 5) is 13.1. The minimum absolute atomic E-state index is 0.156. The Bertz CT molecular complexity index is 533. The van der Waals surface area contributed by atoms with E-state index in [0.29, 0.717) is 13.0 Å². The van der Waals surface area contributed by atoms with E-state index < -0.39 is 0 Å². The van der Waals surface area contributed by atoms with Crippen molar-refractivity contribution in [1.82, 2.24) is 0 Å². The molecule has 0 amide bonds. The van der Waals surface area contributed by atoms with Crippen molar-refractivity contribution < 1.29 is 4.79 Å². The lowest BCUT2D eigenvalue weighted by Gasteiger charge is -2.02. The van der Waals surface area contributed by atoms with Crippen LogP contribution < -0.4 is 5.73 Å². The van der Waals surface area contributed by atoms with Gasteiger partial charge in [-0.2, -0.15) is 0 Å². The number of carbonyl (C=O) groups is 1. The van der Waals surface area contributed by atoms with Crippen LogP contribution in [0.15, 0.2) is 40.2 Å². The van der Waals surface area contributed by atoms with Gasteiger partial charge in [-0.15, -0.1) is 11.3 Å². The highest BCUT2D eigenvalue weighted by atomic mass is 79.9. The Kier molecular flexibility index (Phi) is 4.69. The fourth-order valence-electron chi connectivity index (χ4n) is 1.73. The molecular formula is C14H14BrNOS. The summed E-state index contributed by atoms with van der Waals surface area (Å²) < 4.78 is 1.06. The molecule has 1 aromatic heterocycles. The smallest absolute Gasteiger partial charge is 0.168 e. The number of carbonyl (C=O) groups excluding carboxylic acids is 1. The first kappa shape index (κ1) is 13.5. The summed E-state index contributed by atoms with van der Waals surface area (Å²) in [5.41, 5.74) is 7.43. The number of hydrogen-bond acceptors (Lipinski definition) is 3. The second kappa shape index (κ2) is 6.27. The summed E-state index contributed by atoms with van der Waals surface area (Å²) in [6.07, 6.45) is 1.32. The molecule has 0 spiro atoms. The molecule has 0 unspecified atom stereocenters. The zero-order chi connectivity index (χ0) is 13.0. The molecule has 18 heavy (non-hydrogen) atoms. The van der Waals surface area contributed by atoms with Crippen LogP contribution in [0.25, 0.3) is 0 Å². The third-order valence-corrected chi connectivity index (χ3v) is 4.30. The number of rotatable bonds is 5. The Morgan fingerprint density at radius 3 is 2.44 bits per heavy atom. The van der Waals surface area contributed by atoms with Gasteiger partial charge in [0.1, 0.15) is 0 Å². The molecule has 2 nitrogen and oxygen atoms in total. The summed E-state index contributed by atoms with van der Waals surface area (Å²) in [5, 5.41) is 0. The molecule has 0 aliphatic carbocycles. The molecular weight excluding hydrogens is 310 g/mol. The van der Waals surface area contributed by atoms with Crippen LogP contribution in [0.3, 0.4) is 0 Å². The summed E-state index contributed by atoms with van der Waals surface area (Å²) >= 11 is 5.00. The minimum atomic E-state index is 0.156. The van der Waals surface area contributed by atoms with Gasteiger partial charge in [0.25, 0.3) is 0 Å². The van der Waals surface area contributed by atoms with E-state index in [9.17, 15) is 4.79 Å². The molecule has 0 saturated heterocycles. The van der Waals surface area contributed by atoms with Crippen molar-refractivity contribution in [1.29, 1.82) is 0 Å². The van der Waals surface area contributed by atoms with Gasteiger partial charge >= 0.3 is 0 Å². The van der Waals surface area contributed by atoms with E-state index in [4.69, 9.17) is 5.73 Å². The Hall–Kier alpha value is -0.970. The van der Waals surface area contributed by atoms with Gasteiger partial charge in [0.05, 0.1) is 3.79 Å².